The Morgan fingerprint density at radius 3 is 2.69 bits per heavy atom. The summed E-state index contributed by atoms with van der Waals surface area (Å²) in [6.07, 6.45) is 5.24. The summed E-state index contributed by atoms with van der Waals surface area (Å²) in [5.41, 5.74) is 1.68. The summed E-state index contributed by atoms with van der Waals surface area (Å²) in [6, 6.07) is 7.02. The van der Waals surface area contributed by atoms with Crippen molar-refractivity contribution in [3.63, 3.8) is 0 Å². The molecule has 0 aromatic carbocycles. The minimum atomic E-state index is -0.539. The van der Waals surface area contributed by atoms with E-state index >= 15 is 0 Å². The molecular weight excluding hydrogens is 374 g/mol. The Hall–Kier alpha value is -2.64. The number of aryl methyl sites for hydroxylation is 1. The highest BCUT2D eigenvalue weighted by Gasteiger charge is 2.22. The van der Waals surface area contributed by atoms with Crippen molar-refractivity contribution in [1.82, 2.24) is 9.55 Å². The average molecular weight is 390 g/mol. The van der Waals surface area contributed by atoms with E-state index in [1.165, 1.54) is 17.5 Å². The van der Waals surface area contributed by atoms with Crippen LogP contribution in [0.2, 0.25) is 5.15 Å². The van der Waals surface area contributed by atoms with Gasteiger partial charge in [0.05, 0.1) is 11.3 Å². The zero-order valence-electron chi connectivity index (χ0n) is 14.2. The molecule has 3 aromatic heterocycles. The van der Waals surface area contributed by atoms with E-state index in [1.807, 2.05) is 42.9 Å². The van der Waals surface area contributed by atoms with E-state index in [0.29, 0.717) is 11.3 Å². The van der Waals surface area contributed by atoms with Crippen LogP contribution in [-0.2, 0) is 9.53 Å². The zero-order chi connectivity index (χ0) is 18.7. The van der Waals surface area contributed by atoms with Crippen LogP contribution >= 0.6 is 22.9 Å². The fourth-order valence-electron chi connectivity index (χ4n) is 2.37. The first-order chi connectivity index (χ1) is 12.5. The first-order valence-corrected chi connectivity index (χ1v) is 8.97. The Labute approximate surface area is 159 Å². The van der Waals surface area contributed by atoms with Crippen LogP contribution in [0.15, 0.2) is 42.9 Å². The van der Waals surface area contributed by atoms with Crippen molar-refractivity contribution >= 4 is 40.5 Å². The summed E-state index contributed by atoms with van der Waals surface area (Å²) in [5.74, 6) is -1.02. The number of anilines is 1. The number of halogens is 1. The number of amides is 1. The molecule has 3 aromatic rings. The van der Waals surface area contributed by atoms with Crippen LogP contribution < -0.4 is 5.32 Å². The molecule has 0 saturated heterocycles. The second-order valence-corrected chi connectivity index (χ2v) is 7.08. The van der Waals surface area contributed by atoms with Crippen molar-refractivity contribution in [3.8, 4) is 5.00 Å². The molecule has 0 aliphatic carbocycles. The number of esters is 1. The van der Waals surface area contributed by atoms with Gasteiger partial charge in [0.1, 0.15) is 5.00 Å². The number of hydrogen-bond donors (Lipinski definition) is 1. The first-order valence-electron chi connectivity index (χ1n) is 7.78. The third-order valence-electron chi connectivity index (χ3n) is 3.78. The third-order valence-corrected chi connectivity index (χ3v) is 5.30. The number of pyridine rings is 1. The number of nitrogens with zero attached hydrogens (tertiary/aromatic N) is 2. The van der Waals surface area contributed by atoms with Crippen LogP contribution in [0, 0.1) is 13.8 Å². The first kappa shape index (κ1) is 18.2. The van der Waals surface area contributed by atoms with Crippen LogP contribution in [-0.4, -0.2) is 28.0 Å². The van der Waals surface area contributed by atoms with Gasteiger partial charge in [-0.2, -0.15) is 0 Å². The van der Waals surface area contributed by atoms with Gasteiger partial charge < -0.3 is 14.6 Å². The Kier molecular flexibility index (Phi) is 5.39. The SMILES string of the molecule is Cc1sc(-n2cccc2)c(C(=O)OCC(=O)Nc2cccnc2Cl)c1C. The number of nitrogens with one attached hydrogen (secondary N) is 1. The summed E-state index contributed by atoms with van der Waals surface area (Å²) in [7, 11) is 0. The molecule has 0 atom stereocenters. The van der Waals surface area contributed by atoms with Gasteiger partial charge >= 0.3 is 5.97 Å². The molecular formula is C18H16ClN3O3S. The van der Waals surface area contributed by atoms with Crippen molar-refractivity contribution < 1.29 is 14.3 Å². The Morgan fingerprint density at radius 2 is 2.00 bits per heavy atom. The fraction of sp³-hybridized carbons (Fsp3) is 0.167. The van der Waals surface area contributed by atoms with E-state index in [4.69, 9.17) is 16.3 Å². The molecule has 0 aliphatic heterocycles. The van der Waals surface area contributed by atoms with E-state index in [-0.39, 0.29) is 5.15 Å². The summed E-state index contributed by atoms with van der Waals surface area (Å²) in [6.45, 7) is 3.40. The Bertz CT molecular complexity index is 951. The number of ether oxygens (including phenoxy) is 1. The molecule has 0 bridgehead atoms. The Balaban J connectivity index is 1.71. The molecule has 0 radical (unpaired) electrons. The van der Waals surface area contributed by atoms with E-state index < -0.39 is 18.5 Å². The molecule has 134 valence electrons. The van der Waals surface area contributed by atoms with Crippen molar-refractivity contribution in [2.75, 3.05) is 11.9 Å². The van der Waals surface area contributed by atoms with Gasteiger partial charge in [0.15, 0.2) is 11.8 Å². The van der Waals surface area contributed by atoms with Gasteiger partial charge in [0.25, 0.3) is 5.91 Å². The zero-order valence-corrected chi connectivity index (χ0v) is 15.7. The predicted molar refractivity (Wildman–Crippen MR) is 101 cm³/mol. The molecule has 8 heteroatoms. The normalized spacial score (nSPS) is 10.6. The van der Waals surface area contributed by atoms with Gasteiger partial charge in [-0.1, -0.05) is 11.6 Å². The quantitative estimate of drug-likeness (QED) is 0.528. The molecule has 1 amide bonds. The lowest BCUT2D eigenvalue weighted by Crippen LogP contribution is -2.21. The summed E-state index contributed by atoms with van der Waals surface area (Å²) in [4.78, 5) is 29.5. The van der Waals surface area contributed by atoms with Crippen LogP contribution in [0.3, 0.4) is 0 Å². The van der Waals surface area contributed by atoms with E-state index in [1.54, 1.807) is 12.1 Å². The maximum atomic E-state index is 12.6. The lowest BCUT2D eigenvalue weighted by molar-refractivity contribution is -0.119. The second-order valence-electron chi connectivity index (χ2n) is 5.52. The molecule has 0 saturated carbocycles. The van der Waals surface area contributed by atoms with Gasteiger partial charge in [-0.25, -0.2) is 9.78 Å². The lowest BCUT2D eigenvalue weighted by atomic mass is 10.1. The predicted octanol–water partition coefficient (Wildman–Crippen LogP) is 4.00. The number of thiophene rings is 1. The molecule has 0 fully saturated rings. The van der Waals surface area contributed by atoms with E-state index in [0.717, 1.165) is 15.4 Å². The van der Waals surface area contributed by atoms with Crippen molar-refractivity contribution in [1.29, 1.82) is 0 Å². The maximum Gasteiger partial charge on any atom is 0.341 e. The van der Waals surface area contributed by atoms with Crippen molar-refractivity contribution in [3.05, 3.63) is 64.0 Å². The molecule has 6 nitrogen and oxygen atoms in total. The maximum absolute atomic E-state index is 12.6. The number of carbonyl (C=O) groups excluding carboxylic acids is 2. The molecule has 0 spiro atoms. The fourth-order valence-corrected chi connectivity index (χ4v) is 3.65. The van der Waals surface area contributed by atoms with E-state index in [9.17, 15) is 9.59 Å². The van der Waals surface area contributed by atoms with Gasteiger partial charge in [-0.3, -0.25) is 4.79 Å². The standard InChI is InChI=1S/C18H16ClN3O3S/c1-11-12(2)26-17(22-8-3-4-9-22)15(11)18(24)25-10-14(23)21-13-6-5-7-20-16(13)19/h3-9H,10H2,1-2H3,(H,21,23). The average Bonchev–Trinajstić information content (AvgIpc) is 3.24. The number of aromatic nitrogens is 2. The molecule has 1 N–H and O–H groups in total. The largest absolute Gasteiger partial charge is 0.452 e. The molecule has 3 heterocycles. The van der Waals surface area contributed by atoms with Gasteiger partial charge in [-0.05, 0) is 43.7 Å². The summed E-state index contributed by atoms with van der Waals surface area (Å²) < 4.78 is 7.07. The van der Waals surface area contributed by atoms with E-state index in [2.05, 4.69) is 10.3 Å². The molecule has 3 rings (SSSR count). The third kappa shape index (κ3) is 3.79. The number of hydrogen-bond acceptors (Lipinski definition) is 5. The molecule has 26 heavy (non-hydrogen) atoms. The monoisotopic (exact) mass is 389 g/mol. The highest BCUT2D eigenvalue weighted by atomic mass is 35.5. The van der Waals surface area contributed by atoms with Crippen LogP contribution in [0.25, 0.3) is 5.00 Å². The number of rotatable bonds is 5. The van der Waals surface area contributed by atoms with Gasteiger partial charge in [-0.15, -0.1) is 11.3 Å². The van der Waals surface area contributed by atoms with Gasteiger partial charge in [0, 0.05) is 23.5 Å². The summed E-state index contributed by atoms with van der Waals surface area (Å²) >= 11 is 7.40. The topological polar surface area (TPSA) is 73.2 Å². The van der Waals surface area contributed by atoms with Crippen molar-refractivity contribution in [2.45, 2.75) is 13.8 Å². The highest BCUT2D eigenvalue weighted by molar-refractivity contribution is 7.15. The van der Waals surface area contributed by atoms with Crippen LogP contribution in [0.1, 0.15) is 20.8 Å². The van der Waals surface area contributed by atoms with Gasteiger partial charge in [0.2, 0.25) is 0 Å². The van der Waals surface area contributed by atoms with Crippen molar-refractivity contribution in [2.24, 2.45) is 0 Å². The number of carbonyl (C=O) groups is 2. The second kappa shape index (κ2) is 7.72. The highest BCUT2D eigenvalue weighted by Crippen LogP contribution is 2.31. The molecule has 0 unspecified atom stereocenters. The Morgan fingerprint density at radius 1 is 1.27 bits per heavy atom. The summed E-state index contributed by atoms with van der Waals surface area (Å²) in [5, 5.41) is 3.51. The molecule has 0 aliphatic rings. The van der Waals surface area contributed by atoms with Crippen LogP contribution in [0.5, 0.6) is 0 Å². The lowest BCUT2D eigenvalue weighted by Gasteiger charge is -2.09. The smallest absolute Gasteiger partial charge is 0.341 e. The van der Waals surface area contributed by atoms with Crippen LogP contribution in [0.4, 0.5) is 5.69 Å². The minimum absolute atomic E-state index is 0.173. The minimum Gasteiger partial charge on any atom is -0.452 e.